The monoisotopic (exact) mass is 402 g/mol. The highest BCUT2D eigenvalue weighted by Gasteiger charge is 2.23. The standard InChI is InChI=1S/C21H26N2O4S/c1-4-21(24)23-12-6-7-16-8-9-17(14-19(16)23)22-28(25,26)18-10-11-20(27-5-2)15(3)13-18/h8-11,13-14,22H,4-7,12H2,1-3H3. The number of nitrogens with zero attached hydrogens (tertiary/aromatic N) is 1. The Bertz CT molecular complexity index is 986. The first kappa shape index (κ1) is 20.2. The lowest BCUT2D eigenvalue weighted by atomic mass is 10.0. The van der Waals surface area contributed by atoms with Crippen LogP contribution >= 0.6 is 0 Å². The van der Waals surface area contributed by atoms with Crippen molar-refractivity contribution in [3.63, 3.8) is 0 Å². The molecule has 0 atom stereocenters. The molecule has 0 bridgehead atoms. The number of aryl methyl sites for hydroxylation is 2. The topological polar surface area (TPSA) is 75.7 Å². The molecule has 2 aromatic rings. The third-order valence-electron chi connectivity index (χ3n) is 4.82. The van der Waals surface area contributed by atoms with Crippen LogP contribution in [0.25, 0.3) is 0 Å². The van der Waals surface area contributed by atoms with Gasteiger partial charge in [-0.1, -0.05) is 13.0 Å². The van der Waals surface area contributed by atoms with Crippen molar-refractivity contribution in [2.75, 3.05) is 22.8 Å². The van der Waals surface area contributed by atoms with Crippen LogP contribution in [-0.4, -0.2) is 27.5 Å². The molecule has 1 aliphatic heterocycles. The second-order valence-electron chi connectivity index (χ2n) is 6.81. The van der Waals surface area contributed by atoms with E-state index in [0.717, 1.165) is 29.7 Å². The van der Waals surface area contributed by atoms with Gasteiger partial charge in [-0.3, -0.25) is 9.52 Å². The maximum absolute atomic E-state index is 12.8. The molecule has 0 spiro atoms. The van der Waals surface area contributed by atoms with Crippen LogP contribution < -0.4 is 14.4 Å². The largest absolute Gasteiger partial charge is 0.494 e. The van der Waals surface area contributed by atoms with Gasteiger partial charge in [0, 0.05) is 18.7 Å². The zero-order valence-electron chi connectivity index (χ0n) is 16.5. The third-order valence-corrected chi connectivity index (χ3v) is 6.20. The van der Waals surface area contributed by atoms with E-state index in [2.05, 4.69) is 4.72 Å². The van der Waals surface area contributed by atoms with Gasteiger partial charge >= 0.3 is 0 Å². The van der Waals surface area contributed by atoms with Crippen LogP contribution in [0.2, 0.25) is 0 Å². The average Bonchev–Trinajstić information content (AvgIpc) is 2.68. The molecule has 0 fully saturated rings. The fourth-order valence-electron chi connectivity index (χ4n) is 3.41. The van der Waals surface area contributed by atoms with Crippen molar-refractivity contribution in [1.29, 1.82) is 0 Å². The number of rotatable bonds is 6. The number of carbonyl (C=O) groups is 1. The van der Waals surface area contributed by atoms with E-state index in [1.54, 1.807) is 29.2 Å². The Morgan fingerprint density at radius 3 is 2.64 bits per heavy atom. The first-order chi connectivity index (χ1) is 13.4. The van der Waals surface area contributed by atoms with Crippen LogP contribution in [0.15, 0.2) is 41.3 Å². The fourth-order valence-corrected chi connectivity index (χ4v) is 4.54. The van der Waals surface area contributed by atoms with E-state index in [4.69, 9.17) is 4.74 Å². The summed E-state index contributed by atoms with van der Waals surface area (Å²) >= 11 is 0. The van der Waals surface area contributed by atoms with Crippen LogP contribution in [0.5, 0.6) is 5.75 Å². The molecule has 0 radical (unpaired) electrons. The van der Waals surface area contributed by atoms with Gasteiger partial charge in [-0.05, 0) is 68.1 Å². The number of benzene rings is 2. The minimum atomic E-state index is -3.75. The van der Waals surface area contributed by atoms with Gasteiger partial charge in [-0.25, -0.2) is 8.42 Å². The maximum Gasteiger partial charge on any atom is 0.261 e. The van der Waals surface area contributed by atoms with Crippen molar-refractivity contribution in [2.24, 2.45) is 0 Å². The number of sulfonamides is 1. The normalized spacial score (nSPS) is 13.8. The SMILES string of the molecule is CCOc1ccc(S(=O)(=O)Nc2ccc3c(c2)N(C(=O)CC)CCC3)cc1C. The molecule has 1 amide bonds. The molecule has 2 aromatic carbocycles. The summed E-state index contributed by atoms with van der Waals surface area (Å²) in [5.74, 6) is 0.715. The van der Waals surface area contributed by atoms with E-state index in [-0.39, 0.29) is 10.8 Å². The van der Waals surface area contributed by atoms with Crippen molar-refractivity contribution in [2.45, 2.75) is 44.9 Å². The Labute approximate surface area is 166 Å². The highest BCUT2D eigenvalue weighted by Crippen LogP contribution is 2.32. The van der Waals surface area contributed by atoms with Crippen LogP contribution in [0, 0.1) is 6.92 Å². The highest BCUT2D eigenvalue weighted by molar-refractivity contribution is 7.92. The van der Waals surface area contributed by atoms with Crippen molar-refractivity contribution in [1.82, 2.24) is 0 Å². The zero-order chi connectivity index (χ0) is 20.3. The molecule has 6 nitrogen and oxygen atoms in total. The Balaban J connectivity index is 1.89. The number of hydrogen-bond acceptors (Lipinski definition) is 4. The second-order valence-corrected chi connectivity index (χ2v) is 8.49. The molecule has 3 rings (SSSR count). The Morgan fingerprint density at radius 2 is 1.96 bits per heavy atom. The van der Waals surface area contributed by atoms with Crippen LogP contribution in [-0.2, 0) is 21.2 Å². The number of nitrogens with one attached hydrogen (secondary N) is 1. The number of fused-ring (bicyclic) bond motifs is 1. The summed E-state index contributed by atoms with van der Waals surface area (Å²) in [6.07, 6.45) is 2.21. The van der Waals surface area contributed by atoms with E-state index >= 15 is 0 Å². The van der Waals surface area contributed by atoms with Crippen molar-refractivity contribution >= 4 is 27.3 Å². The smallest absolute Gasteiger partial charge is 0.261 e. The van der Waals surface area contributed by atoms with Gasteiger partial charge in [-0.2, -0.15) is 0 Å². The number of ether oxygens (including phenoxy) is 1. The minimum Gasteiger partial charge on any atom is -0.494 e. The summed E-state index contributed by atoms with van der Waals surface area (Å²) in [5, 5.41) is 0. The first-order valence-electron chi connectivity index (χ1n) is 9.55. The summed E-state index contributed by atoms with van der Waals surface area (Å²) in [4.78, 5) is 14.2. The van der Waals surface area contributed by atoms with Crippen LogP contribution in [0.1, 0.15) is 37.8 Å². The maximum atomic E-state index is 12.8. The van der Waals surface area contributed by atoms with Crippen LogP contribution in [0.3, 0.4) is 0 Å². The molecule has 0 aliphatic carbocycles. The summed E-state index contributed by atoms with van der Waals surface area (Å²) in [6.45, 7) is 6.71. The van der Waals surface area contributed by atoms with Gasteiger partial charge in [-0.15, -0.1) is 0 Å². The van der Waals surface area contributed by atoms with E-state index in [1.165, 1.54) is 6.07 Å². The van der Waals surface area contributed by atoms with Crippen molar-refractivity contribution in [3.05, 3.63) is 47.5 Å². The molecule has 0 saturated carbocycles. The molecule has 150 valence electrons. The molecule has 7 heteroatoms. The minimum absolute atomic E-state index is 0.0445. The molecule has 0 aromatic heterocycles. The predicted octanol–water partition coefficient (Wildman–Crippen LogP) is 3.88. The first-order valence-corrected chi connectivity index (χ1v) is 11.0. The molecule has 1 N–H and O–H groups in total. The Hall–Kier alpha value is -2.54. The Kier molecular flexibility index (Phi) is 5.93. The van der Waals surface area contributed by atoms with Crippen LogP contribution in [0.4, 0.5) is 11.4 Å². The molecular formula is C21H26N2O4S. The zero-order valence-corrected chi connectivity index (χ0v) is 17.3. The van der Waals surface area contributed by atoms with E-state index in [9.17, 15) is 13.2 Å². The molecule has 0 saturated heterocycles. The molecule has 0 unspecified atom stereocenters. The number of carbonyl (C=O) groups excluding carboxylic acids is 1. The molecule has 1 aliphatic rings. The number of hydrogen-bond donors (Lipinski definition) is 1. The van der Waals surface area contributed by atoms with Crippen molar-refractivity contribution < 1.29 is 17.9 Å². The number of amides is 1. The summed E-state index contributed by atoms with van der Waals surface area (Å²) in [5.41, 5.74) is 3.06. The predicted molar refractivity (Wildman–Crippen MR) is 111 cm³/mol. The van der Waals surface area contributed by atoms with E-state index in [0.29, 0.717) is 31.0 Å². The molecule has 28 heavy (non-hydrogen) atoms. The van der Waals surface area contributed by atoms with Gasteiger partial charge < -0.3 is 9.64 Å². The van der Waals surface area contributed by atoms with Gasteiger partial charge in [0.2, 0.25) is 5.91 Å². The lowest BCUT2D eigenvalue weighted by Crippen LogP contribution is -2.35. The molecular weight excluding hydrogens is 376 g/mol. The van der Waals surface area contributed by atoms with E-state index < -0.39 is 10.0 Å². The quantitative estimate of drug-likeness (QED) is 0.795. The summed E-state index contributed by atoms with van der Waals surface area (Å²) < 4.78 is 33.8. The Morgan fingerprint density at radius 1 is 1.18 bits per heavy atom. The summed E-state index contributed by atoms with van der Waals surface area (Å²) in [7, 11) is -3.75. The van der Waals surface area contributed by atoms with Crippen molar-refractivity contribution in [3.8, 4) is 5.75 Å². The third kappa shape index (κ3) is 4.14. The van der Waals surface area contributed by atoms with Gasteiger partial charge in [0.05, 0.1) is 17.2 Å². The average molecular weight is 403 g/mol. The van der Waals surface area contributed by atoms with E-state index in [1.807, 2.05) is 26.8 Å². The highest BCUT2D eigenvalue weighted by atomic mass is 32.2. The number of anilines is 2. The lowest BCUT2D eigenvalue weighted by molar-refractivity contribution is -0.118. The van der Waals surface area contributed by atoms with Gasteiger partial charge in [0.1, 0.15) is 5.75 Å². The fraction of sp³-hybridized carbons (Fsp3) is 0.381. The van der Waals surface area contributed by atoms with Gasteiger partial charge in [0.15, 0.2) is 0 Å². The second kappa shape index (κ2) is 8.22. The summed E-state index contributed by atoms with van der Waals surface area (Å²) in [6, 6.07) is 10.2. The van der Waals surface area contributed by atoms with Gasteiger partial charge in [0.25, 0.3) is 10.0 Å². The lowest BCUT2D eigenvalue weighted by Gasteiger charge is -2.30. The molecule has 1 heterocycles.